The second-order valence-electron chi connectivity index (χ2n) is 4.21. The quantitative estimate of drug-likeness (QED) is 0.817. The lowest BCUT2D eigenvalue weighted by Crippen LogP contribution is -2.20. The first-order valence-corrected chi connectivity index (χ1v) is 6.69. The van der Waals surface area contributed by atoms with Gasteiger partial charge in [0.1, 0.15) is 5.82 Å². The van der Waals surface area contributed by atoms with Crippen LogP contribution < -0.4 is 11.1 Å². The Hall–Kier alpha value is -1.46. The first kappa shape index (κ1) is 13.0. The van der Waals surface area contributed by atoms with Crippen LogP contribution in [0.5, 0.6) is 0 Å². The Balaban J connectivity index is 1.87. The van der Waals surface area contributed by atoms with E-state index in [1.807, 2.05) is 11.4 Å². The molecule has 0 aliphatic heterocycles. The minimum absolute atomic E-state index is 0.229. The molecule has 96 valence electrons. The van der Waals surface area contributed by atoms with Crippen molar-refractivity contribution in [2.45, 2.75) is 19.4 Å². The maximum absolute atomic E-state index is 13.2. The van der Waals surface area contributed by atoms with E-state index in [0.717, 1.165) is 17.1 Å². The van der Waals surface area contributed by atoms with Gasteiger partial charge in [0.15, 0.2) is 0 Å². The van der Waals surface area contributed by atoms with Gasteiger partial charge in [0.25, 0.3) is 0 Å². The van der Waals surface area contributed by atoms with Gasteiger partial charge in [-0.05, 0) is 11.6 Å². The number of nitrogens with two attached hydrogens (primary N) is 1. The highest BCUT2D eigenvalue weighted by Crippen LogP contribution is 2.18. The van der Waals surface area contributed by atoms with E-state index in [0.29, 0.717) is 12.5 Å². The molecule has 3 N–H and O–H groups in total. The third-order valence-corrected chi connectivity index (χ3v) is 3.79. The highest BCUT2D eigenvalue weighted by molar-refractivity contribution is 7.09. The summed E-state index contributed by atoms with van der Waals surface area (Å²) < 4.78 is 13.2. The van der Waals surface area contributed by atoms with Crippen molar-refractivity contribution in [3.63, 3.8) is 0 Å². The van der Waals surface area contributed by atoms with Gasteiger partial charge in [-0.3, -0.25) is 0 Å². The number of nitrogens with zero attached hydrogens (tertiary/aromatic N) is 1. The van der Waals surface area contributed by atoms with E-state index >= 15 is 0 Å². The molecule has 18 heavy (non-hydrogen) atoms. The highest BCUT2D eigenvalue weighted by atomic mass is 32.1. The average molecular weight is 265 g/mol. The molecule has 5 heteroatoms. The zero-order chi connectivity index (χ0) is 13.0. The summed E-state index contributed by atoms with van der Waals surface area (Å²) in [6.07, 6.45) is 1.81. The van der Waals surface area contributed by atoms with E-state index in [1.54, 1.807) is 23.6 Å². The molecule has 1 aromatic heterocycles. The Morgan fingerprint density at radius 3 is 3.06 bits per heavy atom. The van der Waals surface area contributed by atoms with Crippen LogP contribution in [-0.2, 0) is 6.54 Å². The number of anilines is 1. The van der Waals surface area contributed by atoms with E-state index in [-0.39, 0.29) is 11.5 Å². The highest BCUT2D eigenvalue weighted by Gasteiger charge is 2.08. The second-order valence-corrected chi connectivity index (χ2v) is 5.14. The van der Waals surface area contributed by atoms with E-state index in [2.05, 4.69) is 17.2 Å². The van der Waals surface area contributed by atoms with Gasteiger partial charge < -0.3 is 11.1 Å². The molecule has 1 unspecified atom stereocenters. The fraction of sp³-hybridized carbons (Fsp3) is 0.308. The SMILES string of the molecule is CC(CNCc1cccc(F)c1N)c1nccs1. The number of nitrogen functional groups attached to an aromatic ring is 1. The van der Waals surface area contributed by atoms with Crippen LogP contribution in [0.2, 0.25) is 0 Å². The summed E-state index contributed by atoms with van der Waals surface area (Å²) in [6, 6.07) is 4.88. The fourth-order valence-corrected chi connectivity index (χ4v) is 2.42. The molecule has 0 saturated carbocycles. The van der Waals surface area contributed by atoms with Crippen LogP contribution in [-0.4, -0.2) is 11.5 Å². The third kappa shape index (κ3) is 3.05. The van der Waals surface area contributed by atoms with Crippen LogP contribution in [0.1, 0.15) is 23.4 Å². The van der Waals surface area contributed by atoms with Crippen LogP contribution in [0.25, 0.3) is 0 Å². The van der Waals surface area contributed by atoms with Crippen LogP contribution in [0, 0.1) is 5.82 Å². The molecule has 2 rings (SSSR count). The van der Waals surface area contributed by atoms with E-state index in [1.165, 1.54) is 6.07 Å². The van der Waals surface area contributed by atoms with E-state index in [9.17, 15) is 4.39 Å². The molecule has 1 aromatic carbocycles. The summed E-state index contributed by atoms with van der Waals surface area (Å²) in [5, 5.41) is 6.35. The molecule has 0 saturated heterocycles. The van der Waals surface area contributed by atoms with Crippen molar-refractivity contribution in [3.05, 3.63) is 46.2 Å². The largest absolute Gasteiger partial charge is 0.396 e. The molecule has 0 amide bonds. The third-order valence-electron chi connectivity index (χ3n) is 2.78. The normalized spacial score (nSPS) is 12.6. The van der Waals surface area contributed by atoms with Gasteiger partial charge in [-0.15, -0.1) is 11.3 Å². The number of hydrogen-bond donors (Lipinski definition) is 2. The van der Waals surface area contributed by atoms with Gasteiger partial charge in [-0.2, -0.15) is 0 Å². The molecule has 2 aromatic rings. The summed E-state index contributed by atoms with van der Waals surface area (Å²) in [6.45, 7) is 3.48. The molecule has 0 bridgehead atoms. The zero-order valence-corrected chi connectivity index (χ0v) is 11.0. The molecule has 0 spiro atoms. The van der Waals surface area contributed by atoms with Crippen molar-refractivity contribution in [2.75, 3.05) is 12.3 Å². The lowest BCUT2D eigenvalue weighted by molar-refractivity contribution is 0.604. The molecule has 0 aliphatic carbocycles. The lowest BCUT2D eigenvalue weighted by Gasteiger charge is -2.11. The number of thiazole rings is 1. The Kier molecular flexibility index (Phi) is 4.28. The second kappa shape index (κ2) is 5.93. The van der Waals surface area contributed by atoms with Crippen LogP contribution in [0.15, 0.2) is 29.8 Å². The maximum atomic E-state index is 13.2. The summed E-state index contributed by atoms with van der Waals surface area (Å²) in [4.78, 5) is 4.27. The van der Waals surface area contributed by atoms with Gasteiger partial charge in [0.05, 0.1) is 10.7 Å². The summed E-state index contributed by atoms with van der Waals surface area (Å²) in [7, 11) is 0. The van der Waals surface area contributed by atoms with Crippen LogP contribution in [0.3, 0.4) is 0 Å². The zero-order valence-electron chi connectivity index (χ0n) is 10.2. The van der Waals surface area contributed by atoms with Crippen LogP contribution >= 0.6 is 11.3 Å². The molecule has 0 radical (unpaired) electrons. The summed E-state index contributed by atoms with van der Waals surface area (Å²) in [5.41, 5.74) is 6.69. The number of aromatic nitrogens is 1. The number of nitrogens with one attached hydrogen (secondary N) is 1. The Bertz CT molecular complexity index is 499. The molecular weight excluding hydrogens is 249 g/mol. The molecule has 0 fully saturated rings. The Labute approximate surface area is 110 Å². The van der Waals surface area contributed by atoms with Gasteiger partial charge in [-0.25, -0.2) is 9.37 Å². The topological polar surface area (TPSA) is 50.9 Å². The summed E-state index contributed by atoms with van der Waals surface area (Å²) in [5.74, 6) is -0.0120. The fourth-order valence-electron chi connectivity index (χ4n) is 1.72. The number of halogens is 1. The van der Waals surface area contributed by atoms with Crippen molar-refractivity contribution in [3.8, 4) is 0 Å². The molecule has 3 nitrogen and oxygen atoms in total. The summed E-state index contributed by atoms with van der Waals surface area (Å²) >= 11 is 1.65. The van der Waals surface area contributed by atoms with Gasteiger partial charge >= 0.3 is 0 Å². The first-order chi connectivity index (χ1) is 8.68. The van der Waals surface area contributed by atoms with Crippen molar-refractivity contribution >= 4 is 17.0 Å². The van der Waals surface area contributed by atoms with Gasteiger partial charge in [-0.1, -0.05) is 19.1 Å². The van der Waals surface area contributed by atoms with Crippen molar-refractivity contribution in [2.24, 2.45) is 0 Å². The monoisotopic (exact) mass is 265 g/mol. The number of rotatable bonds is 5. The average Bonchev–Trinajstić information content (AvgIpc) is 2.88. The van der Waals surface area contributed by atoms with Crippen LogP contribution in [0.4, 0.5) is 10.1 Å². The molecule has 1 heterocycles. The standard InChI is InChI=1S/C13H16FN3S/c1-9(13-17-5-6-18-13)7-16-8-10-3-2-4-11(14)12(10)15/h2-6,9,16H,7-8,15H2,1H3. The van der Waals surface area contributed by atoms with E-state index < -0.39 is 0 Å². The first-order valence-electron chi connectivity index (χ1n) is 5.81. The van der Waals surface area contributed by atoms with Gasteiger partial charge in [0.2, 0.25) is 0 Å². The molecular formula is C13H16FN3S. The minimum atomic E-state index is -0.359. The van der Waals surface area contributed by atoms with Crippen molar-refractivity contribution in [1.82, 2.24) is 10.3 Å². The van der Waals surface area contributed by atoms with Crippen molar-refractivity contribution < 1.29 is 4.39 Å². The van der Waals surface area contributed by atoms with E-state index in [4.69, 9.17) is 5.73 Å². The molecule has 1 atom stereocenters. The molecule has 0 aliphatic rings. The Morgan fingerprint density at radius 2 is 2.33 bits per heavy atom. The predicted molar refractivity (Wildman–Crippen MR) is 73.0 cm³/mol. The minimum Gasteiger partial charge on any atom is -0.396 e. The number of benzene rings is 1. The van der Waals surface area contributed by atoms with Crippen molar-refractivity contribution in [1.29, 1.82) is 0 Å². The van der Waals surface area contributed by atoms with Gasteiger partial charge in [0, 0.05) is 30.6 Å². The maximum Gasteiger partial charge on any atom is 0.146 e. The smallest absolute Gasteiger partial charge is 0.146 e. The lowest BCUT2D eigenvalue weighted by atomic mass is 10.1. The number of para-hydroxylation sites is 1. The number of hydrogen-bond acceptors (Lipinski definition) is 4. The Morgan fingerprint density at radius 1 is 1.50 bits per heavy atom. The predicted octanol–water partition coefficient (Wildman–Crippen LogP) is 2.76.